The van der Waals surface area contributed by atoms with Crippen LogP contribution in [0.3, 0.4) is 0 Å². The summed E-state index contributed by atoms with van der Waals surface area (Å²) in [5.74, 6) is 0. The molecular weight excluding hydrogens is 104 g/mol. The van der Waals surface area contributed by atoms with Crippen LogP contribution >= 0.6 is 0 Å². The van der Waals surface area contributed by atoms with Crippen LogP contribution in [-0.2, 0) is 0 Å². The Balaban J connectivity index is 3.31. The normalized spacial score (nSPS) is 12.2. The zero-order valence-electron chi connectivity index (χ0n) is 5.13. The number of nitrogens with one attached hydrogen (secondary N) is 1. The van der Waals surface area contributed by atoms with E-state index in [1.54, 1.807) is 0 Å². The summed E-state index contributed by atoms with van der Waals surface area (Å²) in [4.78, 5) is 2.64. The maximum Gasteiger partial charge on any atom is 0.0470 e. The van der Waals surface area contributed by atoms with Crippen molar-refractivity contribution in [3.8, 4) is 0 Å². The van der Waals surface area contributed by atoms with E-state index in [0.29, 0.717) is 0 Å². The molecule has 0 amide bonds. The fourth-order valence-electron chi connectivity index (χ4n) is 0.424. The lowest BCUT2D eigenvalue weighted by atomic mass is 10.4. The summed E-state index contributed by atoms with van der Waals surface area (Å²) in [6, 6.07) is 0.0602. The molecule has 0 fully saturated rings. The van der Waals surface area contributed by atoms with Gasteiger partial charge in [-0.1, -0.05) is 12.0 Å². The Morgan fingerprint density at radius 1 is 1.88 bits per heavy atom. The highest BCUT2D eigenvalue weighted by Crippen LogP contribution is 1.84. The van der Waals surface area contributed by atoms with Crippen molar-refractivity contribution in [3.63, 3.8) is 0 Å². The molecule has 0 aliphatic carbocycles. The Hall–Kier alpha value is -0.730. The maximum atomic E-state index is 7.89. The van der Waals surface area contributed by atoms with Gasteiger partial charge >= 0.3 is 0 Å². The van der Waals surface area contributed by atoms with Gasteiger partial charge in [0.1, 0.15) is 0 Å². The van der Waals surface area contributed by atoms with E-state index in [1.807, 2.05) is 14.0 Å². The van der Waals surface area contributed by atoms with E-state index in [4.69, 9.17) is 5.53 Å². The average molecular weight is 114 g/mol. The van der Waals surface area contributed by atoms with Crippen molar-refractivity contribution < 1.29 is 0 Å². The molecule has 0 spiro atoms. The van der Waals surface area contributed by atoms with E-state index >= 15 is 0 Å². The third kappa shape index (κ3) is 3.46. The van der Waals surface area contributed by atoms with Crippen molar-refractivity contribution in [1.29, 1.82) is 0 Å². The third-order valence-corrected chi connectivity index (χ3v) is 0.748. The number of likely N-dealkylation sites (N-methyl/N-ethyl adjacent to an activating group) is 1. The Bertz CT molecular complexity index is 94.2. The second kappa shape index (κ2) is 4.43. The van der Waals surface area contributed by atoms with Gasteiger partial charge in [0.05, 0.1) is 0 Å². The maximum absolute atomic E-state index is 7.89. The van der Waals surface area contributed by atoms with E-state index in [-0.39, 0.29) is 6.04 Å². The molecule has 1 N–H and O–H groups in total. The quantitative estimate of drug-likeness (QED) is 0.331. The van der Waals surface area contributed by atoms with E-state index in [2.05, 4.69) is 15.3 Å². The summed E-state index contributed by atoms with van der Waals surface area (Å²) in [5, 5.41) is 6.32. The van der Waals surface area contributed by atoms with Crippen LogP contribution in [0.4, 0.5) is 0 Å². The molecule has 1 atom stereocenters. The monoisotopic (exact) mass is 114 g/mol. The summed E-state index contributed by atoms with van der Waals surface area (Å²) < 4.78 is 0. The van der Waals surface area contributed by atoms with Crippen LogP contribution in [0.25, 0.3) is 10.4 Å². The minimum absolute atomic E-state index is 0.0602. The first kappa shape index (κ1) is 7.27. The van der Waals surface area contributed by atoms with Gasteiger partial charge in [0.2, 0.25) is 0 Å². The van der Waals surface area contributed by atoms with Crippen molar-refractivity contribution in [2.75, 3.05) is 13.6 Å². The summed E-state index contributed by atoms with van der Waals surface area (Å²) >= 11 is 0. The van der Waals surface area contributed by atoms with Crippen LogP contribution in [0.1, 0.15) is 6.92 Å². The van der Waals surface area contributed by atoms with Crippen LogP contribution in [0.15, 0.2) is 5.11 Å². The van der Waals surface area contributed by atoms with E-state index in [0.717, 1.165) is 6.54 Å². The third-order valence-electron chi connectivity index (χ3n) is 0.748. The molecule has 0 saturated heterocycles. The van der Waals surface area contributed by atoms with E-state index in [9.17, 15) is 0 Å². The van der Waals surface area contributed by atoms with Crippen molar-refractivity contribution in [1.82, 2.24) is 5.32 Å². The first-order valence-electron chi connectivity index (χ1n) is 2.50. The fourth-order valence-corrected chi connectivity index (χ4v) is 0.424. The molecule has 0 heterocycles. The highest BCUT2D eigenvalue weighted by Gasteiger charge is 1.91. The molecule has 4 heteroatoms. The molecule has 46 valence electrons. The first-order chi connectivity index (χ1) is 3.81. The summed E-state index contributed by atoms with van der Waals surface area (Å²) in [6.45, 7) is 2.60. The van der Waals surface area contributed by atoms with Crippen LogP contribution in [-0.4, -0.2) is 19.6 Å². The van der Waals surface area contributed by atoms with Gasteiger partial charge in [-0.05, 0) is 12.6 Å². The molecule has 0 aromatic heterocycles. The van der Waals surface area contributed by atoms with Gasteiger partial charge in [0, 0.05) is 17.5 Å². The van der Waals surface area contributed by atoms with Gasteiger partial charge in [-0.3, -0.25) is 0 Å². The van der Waals surface area contributed by atoms with Gasteiger partial charge in [0.15, 0.2) is 0 Å². The van der Waals surface area contributed by atoms with Crippen LogP contribution in [0.2, 0.25) is 0 Å². The first-order valence-corrected chi connectivity index (χ1v) is 2.50. The molecule has 0 aromatic rings. The Kier molecular flexibility index (Phi) is 4.03. The Labute approximate surface area is 48.5 Å². The largest absolute Gasteiger partial charge is 0.319 e. The molecule has 0 rings (SSSR count). The smallest absolute Gasteiger partial charge is 0.0470 e. The van der Waals surface area contributed by atoms with Crippen molar-refractivity contribution in [3.05, 3.63) is 10.4 Å². The molecule has 0 aliphatic heterocycles. The Morgan fingerprint density at radius 3 is 2.88 bits per heavy atom. The lowest BCUT2D eigenvalue weighted by Gasteiger charge is -1.98. The lowest BCUT2D eigenvalue weighted by molar-refractivity contribution is 0.662. The minimum Gasteiger partial charge on any atom is -0.319 e. The van der Waals surface area contributed by atoms with Crippen molar-refractivity contribution in [2.24, 2.45) is 5.11 Å². The second-order valence-corrected chi connectivity index (χ2v) is 1.61. The van der Waals surface area contributed by atoms with Crippen molar-refractivity contribution >= 4 is 0 Å². The second-order valence-electron chi connectivity index (χ2n) is 1.61. The molecule has 0 aromatic carbocycles. The molecule has 0 saturated carbocycles. The Morgan fingerprint density at radius 2 is 2.50 bits per heavy atom. The number of hydrogen-bond acceptors (Lipinski definition) is 2. The summed E-state index contributed by atoms with van der Waals surface area (Å²) in [6.07, 6.45) is 0. The van der Waals surface area contributed by atoms with Gasteiger partial charge in [0.25, 0.3) is 0 Å². The predicted octanol–water partition coefficient (Wildman–Crippen LogP) is 0.905. The zero-order valence-corrected chi connectivity index (χ0v) is 5.13. The highest BCUT2D eigenvalue weighted by molar-refractivity contribution is 4.60. The SMILES string of the molecule is CNC[C@@H](C)N=[N+]=[N-]. The fraction of sp³-hybridized carbons (Fsp3) is 1.00. The van der Waals surface area contributed by atoms with Crippen LogP contribution < -0.4 is 5.32 Å². The topological polar surface area (TPSA) is 60.8 Å². The van der Waals surface area contributed by atoms with E-state index in [1.165, 1.54) is 0 Å². The van der Waals surface area contributed by atoms with Crippen LogP contribution in [0, 0.1) is 0 Å². The van der Waals surface area contributed by atoms with Gasteiger partial charge in [-0.2, -0.15) is 0 Å². The van der Waals surface area contributed by atoms with Crippen LogP contribution in [0.5, 0.6) is 0 Å². The molecular formula is C4H10N4. The molecule has 4 nitrogen and oxygen atoms in total. The molecule has 0 radical (unpaired) electrons. The number of azide groups is 1. The van der Waals surface area contributed by atoms with Gasteiger partial charge in [-0.25, -0.2) is 0 Å². The average Bonchev–Trinajstić information content (AvgIpc) is 1.68. The van der Waals surface area contributed by atoms with E-state index < -0.39 is 0 Å². The molecule has 8 heavy (non-hydrogen) atoms. The number of nitrogens with zero attached hydrogens (tertiary/aromatic N) is 3. The summed E-state index contributed by atoms with van der Waals surface area (Å²) in [7, 11) is 1.82. The molecule has 0 bridgehead atoms. The van der Waals surface area contributed by atoms with Gasteiger partial charge in [-0.15, -0.1) is 0 Å². The zero-order chi connectivity index (χ0) is 6.41. The molecule has 0 unspecified atom stereocenters. The summed E-state index contributed by atoms with van der Waals surface area (Å²) in [5.41, 5.74) is 7.89. The number of hydrogen-bond donors (Lipinski definition) is 1. The lowest BCUT2D eigenvalue weighted by Crippen LogP contribution is -2.18. The number of rotatable bonds is 3. The van der Waals surface area contributed by atoms with Gasteiger partial charge < -0.3 is 5.32 Å². The minimum atomic E-state index is 0.0602. The molecule has 0 aliphatic rings. The standard InChI is InChI=1S/C4H10N4/c1-4(3-6-2)7-8-5/h4,6H,3H2,1-2H3/t4-/m1/s1. The predicted molar refractivity (Wildman–Crippen MR) is 32.5 cm³/mol. The van der Waals surface area contributed by atoms with Crippen molar-refractivity contribution in [2.45, 2.75) is 13.0 Å². The highest BCUT2D eigenvalue weighted by atomic mass is 15.2.